The lowest BCUT2D eigenvalue weighted by molar-refractivity contribution is -0.132. The summed E-state index contributed by atoms with van der Waals surface area (Å²) in [5, 5.41) is 7.89. The standard InChI is InChI=1S/C8H12N2O2.C4H6O2/c11-7-9-5-3-1-2-4-6-10-8-12;1-3(2)4(5)6/h1-6H2;1H2,2H3,(H,5,6). The van der Waals surface area contributed by atoms with Gasteiger partial charge in [0.15, 0.2) is 0 Å². The average Bonchev–Trinajstić information content (AvgIpc) is 2.33. The van der Waals surface area contributed by atoms with Crippen molar-refractivity contribution in [1.29, 1.82) is 0 Å². The number of carbonyl (C=O) groups excluding carboxylic acids is 2. The maximum absolute atomic E-state index is 9.63. The highest BCUT2D eigenvalue weighted by atomic mass is 16.4. The molecule has 0 unspecified atom stereocenters. The number of nitrogens with zero attached hydrogens (tertiary/aromatic N) is 2. The predicted octanol–water partition coefficient (Wildman–Crippen LogP) is 1.87. The van der Waals surface area contributed by atoms with Crippen molar-refractivity contribution in [3.05, 3.63) is 12.2 Å². The number of carboxylic acids is 1. The third-order valence-electron chi connectivity index (χ3n) is 1.78. The van der Waals surface area contributed by atoms with Crippen LogP contribution in [0, 0.1) is 0 Å². The van der Waals surface area contributed by atoms with Gasteiger partial charge in [0.2, 0.25) is 12.2 Å². The third-order valence-corrected chi connectivity index (χ3v) is 1.78. The van der Waals surface area contributed by atoms with Gasteiger partial charge in [-0.3, -0.25) is 0 Å². The van der Waals surface area contributed by atoms with Crippen molar-refractivity contribution in [2.45, 2.75) is 32.6 Å². The highest BCUT2D eigenvalue weighted by Gasteiger charge is 1.90. The Morgan fingerprint density at radius 3 is 1.61 bits per heavy atom. The fourth-order valence-electron chi connectivity index (χ4n) is 0.827. The summed E-state index contributed by atoms with van der Waals surface area (Å²) in [4.78, 5) is 35.7. The average molecular weight is 254 g/mol. The number of rotatable bonds is 8. The van der Waals surface area contributed by atoms with Crippen LogP contribution < -0.4 is 0 Å². The number of carboxylic acid groups (broad SMARTS) is 1. The molecule has 0 heterocycles. The van der Waals surface area contributed by atoms with Crippen LogP contribution in [0.1, 0.15) is 32.6 Å². The minimum atomic E-state index is -0.935. The van der Waals surface area contributed by atoms with E-state index in [1.807, 2.05) is 0 Å². The van der Waals surface area contributed by atoms with Gasteiger partial charge < -0.3 is 5.11 Å². The first-order chi connectivity index (χ1) is 8.56. The second-order valence-electron chi connectivity index (χ2n) is 3.45. The molecule has 6 nitrogen and oxygen atoms in total. The van der Waals surface area contributed by atoms with Gasteiger partial charge in [-0.2, -0.15) is 0 Å². The molecule has 0 aromatic heterocycles. The third kappa shape index (κ3) is 19.5. The van der Waals surface area contributed by atoms with Gasteiger partial charge in [0.25, 0.3) is 0 Å². The SMILES string of the molecule is C=C(C)C(=O)O.O=C=NCCCCCCN=C=O. The lowest BCUT2D eigenvalue weighted by Gasteiger charge is -1.93. The Morgan fingerprint density at radius 2 is 1.39 bits per heavy atom. The molecular formula is C12H18N2O4. The predicted molar refractivity (Wildman–Crippen MR) is 66.9 cm³/mol. The zero-order valence-electron chi connectivity index (χ0n) is 10.5. The van der Waals surface area contributed by atoms with E-state index in [9.17, 15) is 14.4 Å². The van der Waals surface area contributed by atoms with E-state index in [2.05, 4.69) is 16.6 Å². The number of unbranched alkanes of at least 4 members (excludes halogenated alkanes) is 3. The van der Waals surface area contributed by atoms with Gasteiger partial charge in [-0.15, -0.1) is 0 Å². The fraction of sp³-hybridized carbons (Fsp3) is 0.583. The van der Waals surface area contributed by atoms with Crippen LogP contribution in [0.25, 0.3) is 0 Å². The number of hydrogen-bond acceptors (Lipinski definition) is 5. The normalized spacial score (nSPS) is 8.06. The van der Waals surface area contributed by atoms with Gasteiger partial charge in [0.1, 0.15) is 0 Å². The Balaban J connectivity index is 0. The summed E-state index contributed by atoms with van der Waals surface area (Å²) in [6.07, 6.45) is 6.80. The molecule has 6 heteroatoms. The molecule has 0 aliphatic rings. The van der Waals surface area contributed by atoms with E-state index in [-0.39, 0.29) is 5.57 Å². The number of isocyanates is 2. The molecule has 0 spiro atoms. The molecule has 0 amide bonds. The van der Waals surface area contributed by atoms with Crippen molar-refractivity contribution in [3.8, 4) is 0 Å². The Kier molecular flexibility index (Phi) is 15.3. The number of aliphatic carboxylic acids is 1. The Bertz CT molecular complexity index is 306. The summed E-state index contributed by atoms with van der Waals surface area (Å²) < 4.78 is 0. The molecule has 18 heavy (non-hydrogen) atoms. The molecule has 0 fully saturated rings. The van der Waals surface area contributed by atoms with E-state index in [1.54, 1.807) is 0 Å². The zero-order valence-corrected chi connectivity index (χ0v) is 10.5. The molecule has 0 aliphatic carbocycles. The van der Waals surface area contributed by atoms with Crippen molar-refractivity contribution in [3.63, 3.8) is 0 Å². The second kappa shape index (κ2) is 15.0. The summed E-state index contributed by atoms with van der Waals surface area (Å²) in [5.74, 6) is -0.935. The maximum atomic E-state index is 9.63. The van der Waals surface area contributed by atoms with Crippen molar-refractivity contribution in [1.82, 2.24) is 0 Å². The summed E-state index contributed by atoms with van der Waals surface area (Å²) >= 11 is 0. The number of aliphatic imine (C=N–C) groups is 2. The van der Waals surface area contributed by atoms with Crippen LogP contribution in [0.4, 0.5) is 0 Å². The van der Waals surface area contributed by atoms with E-state index >= 15 is 0 Å². The van der Waals surface area contributed by atoms with Gasteiger partial charge in [-0.25, -0.2) is 24.4 Å². The maximum Gasteiger partial charge on any atom is 0.330 e. The van der Waals surface area contributed by atoms with Gasteiger partial charge in [-0.1, -0.05) is 19.4 Å². The summed E-state index contributed by atoms with van der Waals surface area (Å²) in [6, 6.07) is 0. The molecule has 0 bridgehead atoms. The van der Waals surface area contributed by atoms with E-state index in [0.29, 0.717) is 13.1 Å². The van der Waals surface area contributed by atoms with Gasteiger partial charge in [0.05, 0.1) is 13.1 Å². The Morgan fingerprint density at radius 1 is 1.06 bits per heavy atom. The first-order valence-electron chi connectivity index (χ1n) is 5.52. The molecule has 1 N–H and O–H groups in total. The summed E-state index contributed by atoms with van der Waals surface area (Å²) in [6.45, 7) is 5.71. The molecule has 0 atom stereocenters. The van der Waals surface area contributed by atoms with Gasteiger partial charge in [0, 0.05) is 5.57 Å². The quantitative estimate of drug-likeness (QED) is 0.309. The Labute approximate surface area is 106 Å². The topological polar surface area (TPSA) is 96.2 Å². The molecule has 0 rings (SSSR count). The largest absolute Gasteiger partial charge is 0.478 e. The van der Waals surface area contributed by atoms with Crippen LogP contribution in [0.3, 0.4) is 0 Å². The van der Waals surface area contributed by atoms with Crippen LogP contribution in [0.2, 0.25) is 0 Å². The fourth-order valence-corrected chi connectivity index (χ4v) is 0.827. The van der Waals surface area contributed by atoms with Crippen LogP contribution in [-0.2, 0) is 14.4 Å². The van der Waals surface area contributed by atoms with Crippen molar-refractivity contribution >= 4 is 18.1 Å². The minimum Gasteiger partial charge on any atom is -0.478 e. The van der Waals surface area contributed by atoms with E-state index in [0.717, 1.165) is 25.7 Å². The Hall–Kier alpha value is -2.03. The smallest absolute Gasteiger partial charge is 0.330 e. The van der Waals surface area contributed by atoms with Gasteiger partial charge in [-0.05, 0) is 19.8 Å². The molecule has 0 aromatic carbocycles. The molecule has 0 saturated carbocycles. The first-order valence-corrected chi connectivity index (χ1v) is 5.52. The summed E-state index contributed by atoms with van der Waals surface area (Å²) in [5.41, 5.74) is 0.176. The first kappa shape index (κ1) is 18.3. The lowest BCUT2D eigenvalue weighted by atomic mass is 10.2. The lowest BCUT2D eigenvalue weighted by Crippen LogP contribution is -1.92. The van der Waals surface area contributed by atoms with Crippen molar-refractivity contribution in [2.75, 3.05) is 13.1 Å². The highest BCUT2D eigenvalue weighted by Crippen LogP contribution is 1.99. The van der Waals surface area contributed by atoms with E-state index in [4.69, 9.17) is 5.11 Å². The molecule has 0 radical (unpaired) electrons. The molecule has 0 aliphatic heterocycles. The van der Waals surface area contributed by atoms with Crippen molar-refractivity contribution < 1.29 is 19.5 Å². The van der Waals surface area contributed by atoms with Crippen LogP contribution in [-0.4, -0.2) is 36.3 Å². The number of carbonyl (C=O) groups is 1. The monoisotopic (exact) mass is 254 g/mol. The van der Waals surface area contributed by atoms with Crippen molar-refractivity contribution in [2.24, 2.45) is 9.98 Å². The molecule has 100 valence electrons. The zero-order chi connectivity index (χ0) is 14.2. The summed E-state index contributed by atoms with van der Waals surface area (Å²) in [7, 11) is 0. The second-order valence-corrected chi connectivity index (χ2v) is 3.45. The molecular weight excluding hydrogens is 236 g/mol. The van der Waals surface area contributed by atoms with E-state index < -0.39 is 5.97 Å². The highest BCUT2D eigenvalue weighted by molar-refractivity contribution is 5.84. The van der Waals surface area contributed by atoms with Gasteiger partial charge >= 0.3 is 5.97 Å². The minimum absolute atomic E-state index is 0.176. The molecule has 0 aromatic rings. The molecule has 0 saturated heterocycles. The van der Waals surface area contributed by atoms with E-state index in [1.165, 1.54) is 19.1 Å². The number of hydrogen-bond donors (Lipinski definition) is 1. The van der Waals surface area contributed by atoms with Crippen LogP contribution in [0.5, 0.6) is 0 Å². The van der Waals surface area contributed by atoms with Crippen LogP contribution in [0.15, 0.2) is 22.1 Å². The van der Waals surface area contributed by atoms with Crippen LogP contribution >= 0.6 is 0 Å².